The zero-order valence-electron chi connectivity index (χ0n) is 14.7. The number of carbonyl (C=O) groups is 1. The van der Waals surface area contributed by atoms with Crippen LogP contribution in [0.1, 0.15) is 10.4 Å². The fraction of sp³-hybridized carbons (Fsp3) is 0. The number of carboxylic acid groups (broad SMARTS) is 1. The third-order valence-electron chi connectivity index (χ3n) is 4.13. The highest BCUT2D eigenvalue weighted by atomic mass is 16.5. The van der Waals surface area contributed by atoms with Gasteiger partial charge >= 0.3 is 5.97 Å². The second-order valence-electron chi connectivity index (χ2n) is 6.03. The zero-order valence-corrected chi connectivity index (χ0v) is 14.7. The number of nitrogens with two attached hydrogens (primary N) is 1. The maximum atomic E-state index is 11.1. The lowest BCUT2D eigenvalue weighted by Crippen LogP contribution is -2.01. The largest absolute Gasteiger partial charge is 0.478 e. The molecule has 4 rings (SSSR count). The molecule has 7 nitrogen and oxygen atoms in total. The Morgan fingerprint density at radius 2 is 1.82 bits per heavy atom. The first kappa shape index (κ1) is 17.3. The predicted octanol–water partition coefficient (Wildman–Crippen LogP) is 4.45. The normalized spacial score (nSPS) is 10.6. The van der Waals surface area contributed by atoms with Gasteiger partial charge in [-0.2, -0.15) is 4.98 Å². The Labute approximate surface area is 160 Å². The van der Waals surface area contributed by atoms with Gasteiger partial charge in [-0.1, -0.05) is 30.3 Å². The van der Waals surface area contributed by atoms with Gasteiger partial charge in [0, 0.05) is 34.4 Å². The summed E-state index contributed by atoms with van der Waals surface area (Å²) >= 11 is 0. The van der Waals surface area contributed by atoms with E-state index in [-0.39, 0.29) is 5.56 Å². The molecule has 0 saturated carbocycles. The monoisotopic (exact) mass is 372 g/mol. The van der Waals surface area contributed by atoms with Crippen molar-refractivity contribution < 1.29 is 14.6 Å². The number of aromatic nitrogens is 2. The topological polar surface area (TPSA) is 110 Å². The smallest absolute Gasteiger partial charge is 0.335 e. The van der Waals surface area contributed by atoms with E-state index >= 15 is 0 Å². The number of ether oxygens (including phenoxy) is 1. The summed E-state index contributed by atoms with van der Waals surface area (Å²) in [5.74, 6) is 0.265. The van der Waals surface area contributed by atoms with E-state index in [4.69, 9.17) is 15.6 Å². The second-order valence-corrected chi connectivity index (χ2v) is 6.03. The van der Waals surface area contributed by atoms with Crippen LogP contribution in [0, 0.1) is 0 Å². The minimum absolute atomic E-state index is 0.172. The van der Waals surface area contributed by atoms with Gasteiger partial charge in [-0.15, -0.1) is 0 Å². The number of carboxylic acids is 1. The minimum atomic E-state index is -1.00. The molecule has 0 aliphatic rings. The molecule has 0 aliphatic carbocycles. The van der Waals surface area contributed by atoms with Crippen LogP contribution in [0.3, 0.4) is 0 Å². The van der Waals surface area contributed by atoms with Gasteiger partial charge in [0.1, 0.15) is 5.75 Å². The Morgan fingerprint density at radius 1 is 1.00 bits per heavy atom. The molecule has 0 bridgehead atoms. The summed E-state index contributed by atoms with van der Waals surface area (Å²) in [6, 6.07) is 19.3. The number of rotatable bonds is 5. The molecule has 0 amide bonds. The van der Waals surface area contributed by atoms with Gasteiger partial charge in [0.05, 0.1) is 5.56 Å². The summed E-state index contributed by atoms with van der Waals surface area (Å²) in [6.07, 6.45) is 1.56. The summed E-state index contributed by atoms with van der Waals surface area (Å²) in [5, 5.41) is 13.9. The van der Waals surface area contributed by atoms with Crippen LogP contribution in [-0.2, 0) is 0 Å². The number of benzene rings is 3. The van der Waals surface area contributed by atoms with E-state index in [0.717, 1.165) is 10.8 Å². The zero-order chi connectivity index (χ0) is 19.5. The van der Waals surface area contributed by atoms with Gasteiger partial charge < -0.3 is 20.9 Å². The molecule has 0 atom stereocenters. The van der Waals surface area contributed by atoms with Crippen LogP contribution in [0.15, 0.2) is 72.9 Å². The highest BCUT2D eigenvalue weighted by Gasteiger charge is 2.09. The van der Waals surface area contributed by atoms with Crippen molar-refractivity contribution in [3.63, 3.8) is 0 Å². The van der Waals surface area contributed by atoms with Crippen LogP contribution in [0.25, 0.3) is 10.8 Å². The lowest BCUT2D eigenvalue weighted by atomic mass is 10.1. The van der Waals surface area contributed by atoms with Crippen LogP contribution >= 0.6 is 0 Å². The van der Waals surface area contributed by atoms with Crippen molar-refractivity contribution in [2.45, 2.75) is 0 Å². The Kier molecular flexibility index (Phi) is 4.47. The molecule has 0 fully saturated rings. The molecular weight excluding hydrogens is 356 g/mol. The van der Waals surface area contributed by atoms with Crippen molar-refractivity contribution in [1.29, 1.82) is 0 Å². The van der Waals surface area contributed by atoms with Crippen molar-refractivity contribution in [2.75, 3.05) is 11.1 Å². The predicted molar refractivity (Wildman–Crippen MR) is 107 cm³/mol. The number of nitrogen functional groups attached to an aromatic ring is 1. The molecule has 0 saturated heterocycles. The van der Waals surface area contributed by atoms with E-state index in [1.807, 2.05) is 24.3 Å². The van der Waals surface area contributed by atoms with E-state index < -0.39 is 5.97 Å². The maximum Gasteiger partial charge on any atom is 0.335 e. The van der Waals surface area contributed by atoms with Gasteiger partial charge in [-0.3, -0.25) is 0 Å². The highest BCUT2D eigenvalue weighted by molar-refractivity contribution is 5.97. The molecule has 0 aliphatic heterocycles. The molecule has 138 valence electrons. The average molecular weight is 372 g/mol. The van der Waals surface area contributed by atoms with Crippen LogP contribution in [0.5, 0.6) is 11.6 Å². The molecule has 0 unspecified atom stereocenters. The van der Waals surface area contributed by atoms with Gasteiger partial charge in [0.25, 0.3) is 0 Å². The van der Waals surface area contributed by atoms with E-state index in [2.05, 4.69) is 15.3 Å². The first-order valence-electron chi connectivity index (χ1n) is 8.49. The molecule has 4 N–H and O–H groups in total. The van der Waals surface area contributed by atoms with Crippen molar-refractivity contribution in [3.05, 3.63) is 78.5 Å². The quantitative estimate of drug-likeness (QED) is 0.444. The van der Waals surface area contributed by atoms with Gasteiger partial charge in [-0.05, 0) is 30.3 Å². The summed E-state index contributed by atoms with van der Waals surface area (Å²) in [6.45, 7) is 0. The maximum absolute atomic E-state index is 11.1. The number of hydrogen-bond acceptors (Lipinski definition) is 6. The molecule has 1 heterocycles. The van der Waals surface area contributed by atoms with Crippen molar-refractivity contribution in [1.82, 2.24) is 9.97 Å². The van der Waals surface area contributed by atoms with Crippen molar-refractivity contribution in [3.8, 4) is 11.6 Å². The summed E-state index contributed by atoms with van der Waals surface area (Å²) in [7, 11) is 0. The lowest BCUT2D eigenvalue weighted by Gasteiger charge is -2.11. The van der Waals surface area contributed by atoms with Gasteiger partial charge in [-0.25, -0.2) is 9.78 Å². The second kappa shape index (κ2) is 7.24. The highest BCUT2D eigenvalue weighted by Crippen LogP contribution is 2.32. The van der Waals surface area contributed by atoms with Gasteiger partial charge in [0.15, 0.2) is 0 Å². The minimum Gasteiger partial charge on any atom is -0.478 e. The average Bonchev–Trinajstić information content (AvgIpc) is 2.71. The van der Waals surface area contributed by atoms with Crippen molar-refractivity contribution in [2.24, 2.45) is 0 Å². The fourth-order valence-corrected chi connectivity index (χ4v) is 2.81. The molecule has 28 heavy (non-hydrogen) atoms. The Morgan fingerprint density at radius 3 is 2.64 bits per heavy atom. The molecule has 0 radical (unpaired) electrons. The lowest BCUT2D eigenvalue weighted by molar-refractivity contribution is 0.0697. The summed E-state index contributed by atoms with van der Waals surface area (Å²) in [5.41, 5.74) is 7.44. The van der Waals surface area contributed by atoms with Crippen LogP contribution in [0.4, 0.5) is 17.3 Å². The molecular formula is C21H16N4O3. The third kappa shape index (κ3) is 3.54. The van der Waals surface area contributed by atoms with E-state index in [9.17, 15) is 4.79 Å². The standard InChI is InChI=1S/C21H16N4O3/c22-17-8-9-18(16-7-2-1-6-15(16)17)28-19-10-11-23-21(25-19)24-14-5-3-4-13(12-14)20(26)27/h1-12H,22H2,(H,26,27)(H,23,24,25). The Bertz CT molecular complexity index is 1180. The number of aromatic carboxylic acids is 1. The van der Waals surface area contributed by atoms with Gasteiger partial charge in [0.2, 0.25) is 11.8 Å². The first-order valence-corrected chi connectivity index (χ1v) is 8.49. The number of anilines is 3. The Balaban J connectivity index is 1.61. The molecule has 4 aromatic rings. The first-order chi connectivity index (χ1) is 13.6. The van der Waals surface area contributed by atoms with E-state index in [1.165, 1.54) is 12.1 Å². The Hall–Kier alpha value is -4.13. The third-order valence-corrected chi connectivity index (χ3v) is 4.13. The summed E-state index contributed by atoms with van der Waals surface area (Å²) < 4.78 is 5.95. The summed E-state index contributed by atoms with van der Waals surface area (Å²) in [4.78, 5) is 19.6. The van der Waals surface area contributed by atoms with Crippen LogP contribution < -0.4 is 15.8 Å². The van der Waals surface area contributed by atoms with Crippen LogP contribution in [0.2, 0.25) is 0 Å². The molecule has 0 spiro atoms. The van der Waals surface area contributed by atoms with Crippen LogP contribution in [-0.4, -0.2) is 21.0 Å². The van der Waals surface area contributed by atoms with E-state index in [1.54, 1.807) is 36.5 Å². The fourth-order valence-electron chi connectivity index (χ4n) is 2.81. The SMILES string of the molecule is Nc1ccc(Oc2ccnc(Nc3cccc(C(=O)O)c3)n2)c2ccccc12. The number of fused-ring (bicyclic) bond motifs is 1. The number of nitrogens with one attached hydrogen (secondary N) is 1. The number of hydrogen-bond donors (Lipinski definition) is 3. The van der Waals surface area contributed by atoms with E-state index in [0.29, 0.717) is 29.0 Å². The molecule has 7 heteroatoms. The molecule has 1 aromatic heterocycles. The molecule has 3 aromatic carbocycles. The van der Waals surface area contributed by atoms with Crippen molar-refractivity contribution >= 4 is 34.1 Å². The number of nitrogens with zero attached hydrogens (tertiary/aromatic N) is 2.